The number of rotatable bonds is 0. The molecule has 6 nitrogen and oxygen atoms in total. The molecule has 0 saturated heterocycles. The predicted molar refractivity (Wildman–Crippen MR) is 47.4 cm³/mol. The van der Waals surface area contributed by atoms with Crippen LogP contribution in [0.5, 0.6) is 5.75 Å². The Kier molecular flexibility index (Phi) is 1.65. The number of sulfonamides is 1. The molecule has 74 valence electrons. The van der Waals surface area contributed by atoms with Crippen molar-refractivity contribution in [3.63, 3.8) is 0 Å². The largest absolute Gasteiger partial charge is 0.508 e. The molecule has 0 fully saturated rings. The maximum atomic E-state index is 11.3. The maximum absolute atomic E-state index is 11.3. The van der Waals surface area contributed by atoms with Gasteiger partial charge in [-0.3, -0.25) is 0 Å². The number of benzene rings is 1. The van der Waals surface area contributed by atoms with E-state index in [4.69, 9.17) is 5.11 Å². The summed E-state index contributed by atoms with van der Waals surface area (Å²) in [6.45, 7) is 0. The van der Waals surface area contributed by atoms with Gasteiger partial charge in [0.15, 0.2) is 0 Å². The molecule has 1 heterocycles. The molecule has 7 heteroatoms. The van der Waals surface area contributed by atoms with Crippen molar-refractivity contribution >= 4 is 21.7 Å². The third-order valence-corrected chi connectivity index (χ3v) is 3.12. The van der Waals surface area contributed by atoms with Crippen LogP contribution in [0.15, 0.2) is 23.1 Å². The summed E-state index contributed by atoms with van der Waals surface area (Å²) in [4.78, 5) is 10.8. The lowest BCUT2D eigenvalue weighted by Crippen LogP contribution is -2.39. The van der Waals surface area contributed by atoms with Crippen molar-refractivity contribution in [3.8, 4) is 5.75 Å². The second kappa shape index (κ2) is 2.61. The number of hydrogen-bond donors (Lipinski definition) is 3. The molecule has 1 aliphatic heterocycles. The third kappa shape index (κ3) is 1.27. The van der Waals surface area contributed by atoms with Crippen LogP contribution in [0.3, 0.4) is 0 Å². The molecule has 2 amide bonds. The Balaban J connectivity index is 2.69. The fourth-order valence-electron chi connectivity index (χ4n) is 1.17. The van der Waals surface area contributed by atoms with Crippen molar-refractivity contribution in [3.05, 3.63) is 18.2 Å². The molecule has 1 aromatic rings. The van der Waals surface area contributed by atoms with Crippen molar-refractivity contribution < 1.29 is 18.3 Å². The first-order valence-electron chi connectivity index (χ1n) is 3.66. The Hall–Kier alpha value is -1.76. The van der Waals surface area contributed by atoms with Crippen LogP contribution in [0, 0.1) is 0 Å². The van der Waals surface area contributed by atoms with Crippen molar-refractivity contribution in [2.24, 2.45) is 0 Å². The average molecular weight is 214 g/mol. The van der Waals surface area contributed by atoms with E-state index in [1.807, 2.05) is 0 Å². The van der Waals surface area contributed by atoms with Crippen LogP contribution >= 0.6 is 0 Å². The number of phenolic OH excluding ortho intramolecular Hbond substituents is 1. The molecule has 0 unspecified atom stereocenters. The lowest BCUT2D eigenvalue weighted by molar-refractivity contribution is 0.256. The normalized spacial score (nSPS) is 17.9. The predicted octanol–water partition coefficient (Wildman–Crippen LogP) is 0.216. The van der Waals surface area contributed by atoms with Crippen LogP contribution in [-0.2, 0) is 10.0 Å². The third-order valence-electron chi connectivity index (χ3n) is 1.73. The first-order chi connectivity index (χ1) is 6.49. The molecule has 1 aliphatic rings. The van der Waals surface area contributed by atoms with Crippen molar-refractivity contribution in [2.45, 2.75) is 4.90 Å². The molecule has 0 spiro atoms. The van der Waals surface area contributed by atoms with E-state index in [1.54, 1.807) is 4.72 Å². The zero-order valence-corrected chi connectivity index (χ0v) is 7.63. The summed E-state index contributed by atoms with van der Waals surface area (Å²) in [5, 5.41) is 11.3. The topological polar surface area (TPSA) is 95.5 Å². The highest BCUT2D eigenvalue weighted by Crippen LogP contribution is 2.27. The second-order valence-corrected chi connectivity index (χ2v) is 4.39. The van der Waals surface area contributed by atoms with Gasteiger partial charge in [-0.05, 0) is 12.1 Å². The van der Waals surface area contributed by atoms with Gasteiger partial charge in [0.2, 0.25) is 0 Å². The summed E-state index contributed by atoms with van der Waals surface area (Å²) in [5.74, 6) is -0.110. The number of hydrogen-bond acceptors (Lipinski definition) is 4. The van der Waals surface area contributed by atoms with Gasteiger partial charge in [0.25, 0.3) is 10.0 Å². The van der Waals surface area contributed by atoms with Gasteiger partial charge < -0.3 is 10.4 Å². The van der Waals surface area contributed by atoms with Gasteiger partial charge in [0.05, 0.1) is 5.69 Å². The summed E-state index contributed by atoms with van der Waals surface area (Å²) < 4.78 is 24.5. The summed E-state index contributed by atoms with van der Waals surface area (Å²) >= 11 is 0. The minimum absolute atomic E-state index is 0.0603. The minimum atomic E-state index is -3.78. The van der Waals surface area contributed by atoms with Gasteiger partial charge >= 0.3 is 6.03 Å². The summed E-state index contributed by atoms with van der Waals surface area (Å²) in [6, 6.07) is 2.79. The first kappa shape index (κ1) is 8.82. The second-order valence-electron chi connectivity index (χ2n) is 2.74. The number of amides is 2. The maximum Gasteiger partial charge on any atom is 0.333 e. The van der Waals surface area contributed by atoms with E-state index in [1.165, 1.54) is 18.2 Å². The van der Waals surface area contributed by atoms with Crippen LogP contribution in [-0.4, -0.2) is 19.6 Å². The number of anilines is 1. The van der Waals surface area contributed by atoms with Gasteiger partial charge in [-0.2, -0.15) is 0 Å². The molecule has 0 bridgehead atoms. The number of phenols is 1. The number of carbonyl (C=O) groups excluding carboxylic acids is 1. The highest BCUT2D eigenvalue weighted by Gasteiger charge is 2.27. The smallest absolute Gasteiger partial charge is 0.333 e. The lowest BCUT2D eigenvalue weighted by atomic mass is 10.3. The van der Waals surface area contributed by atoms with Crippen LogP contribution in [0.1, 0.15) is 0 Å². The quantitative estimate of drug-likeness (QED) is 0.575. The number of carbonyl (C=O) groups is 1. The molecule has 0 atom stereocenters. The summed E-state index contributed by atoms with van der Waals surface area (Å²) in [7, 11) is -3.78. The highest BCUT2D eigenvalue weighted by molar-refractivity contribution is 7.90. The Bertz CT molecular complexity index is 508. The first-order valence-corrected chi connectivity index (χ1v) is 5.14. The fourth-order valence-corrected chi connectivity index (χ4v) is 2.23. The summed E-state index contributed by atoms with van der Waals surface area (Å²) in [6.07, 6.45) is 0. The van der Waals surface area contributed by atoms with Crippen molar-refractivity contribution in [1.29, 1.82) is 0 Å². The number of aromatic hydroxyl groups is 1. The van der Waals surface area contributed by atoms with Gasteiger partial charge in [-0.25, -0.2) is 17.9 Å². The van der Waals surface area contributed by atoms with E-state index in [2.05, 4.69) is 5.32 Å². The molecule has 0 radical (unpaired) electrons. The number of nitrogens with one attached hydrogen (secondary N) is 2. The molecule has 0 saturated carbocycles. The summed E-state index contributed by atoms with van der Waals surface area (Å²) in [5.41, 5.74) is 0.0775. The highest BCUT2D eigenvalue weighted by atomic mass is 32.2. The zero-order valence-electron chi connectivity index (χ0n) is 6.81. The molecule has 3 N–H and O–H groups in total. The van der Waals surface area contributed by atoms with Crippen LogP contribution in [0.25, 0.3) is 0 Å². The lowest BCUT2D eigenvalue weighted by Gasteiger charge is -2.17. The fraction of sp³-hybridized carbons (Fsp3) is 0. The Morgan fingerprint density at radius 2 is 2.00 bits per heavy atom. The molecule has 14 heavy (non-hydrogen) atoms. The van der Waals surface area contributed by atoms with Crippen LogP contribution < -0.4 is 10.0 Å². The van der Waals surface area contributed by atoms with E-state index >= 15 is 0 Å². The van der Waals surface area contributed by atoms with Gasteiger partial charge in [-0.15, -0.1) is 0 Å². The number of fused-ring (bicyclic) bond motifs is 1. The standard InChI is InChI=1S/C7H6N2O4S/c10-4-1-2-6-5(3-4)8-7(11)9-14(6,12)13/h1-3,10H,(H2,8,9,11). The van der Waals surface area contributed by atoms with Gasteiger partial charge in [-0.1, -0.05) is 0 Å². The Morgan fingerprint density at radius 1 is 1.29 bits per heavy atom. The SMILES string of the molecule is O=C1Nc2cc(O)ccc2S(=O)(=O)N1. The van der Waals surface area contributed by atoms with E-state index < -0.39 is 16.1 Å². The van der Waals surface area contributed by atoms with E-state index in [0.717, 1.165) is 0 Å². The van der Waals surface area contributed by atoms with Crippen molar-refractivity contribution in [2.75, 3.05) is 5.32 Å². The molecular weight excluding hydrogens is 208 g/mol. The van der Waals surface area contributed by atoms with E-state index in [9.17, 15) is 13.2 Å². The van der Waals surface area contributed by atoms with E-state index in [-0.39, 0.29) is 16.3 Å². The molecule has 0 aromatic heterocycles. The van der Waals surface area contributed by atoms with Crippen LogP contribution in [0.2, 0.25) is 0 Å². The van der Waals surface area contributed by atoms with Crippen LogP contribution in [0.4, 0.5) is 10.5 Å². The Labute approximate surface area is 79.6 Å². The van der Waals surface area contributed by atoms with E-state index in [0.29, 0.717) is 0 Å². The van der Waals surface area contributed by atoms with Gasteiger partial charge in [0.1, 0.15) is 10.6 Å². The van der Waals surface area contributed by atoms with Gasteiger partial charge in [0, 0.05) is 6.07 Å². The molecule has 0 aliphatic carbocycles. The minimum Gasteiger partial charge on any atom is -0.508 e. The monoisotopic (exact) mass is 214 g/mol. The Morgan fingerprint density at radius 3 is 2.71 bits per heavy atom. The molecular formula is C7H6N2O4S. The molecule has 2 rings (SSSR count). The average Bonchev–Trinajstić information content (AvgIpc) is 2.00. The number of urea groups is 1. The zero-order chi connectivity index (χ0) is 10.3. The molecule has 1 aromatic carbocycles. The van der Waals surface area contributed by atoms with Crippen molar-refractivity contribution in [1.82, 2.24) is 4.72 Å².